The smallest absolute Gasteiger partial charge is 0.306 e. The van der Waals surface area contributed by atoms with Gasteiger partial charge in [0.25, 0.3) is 0 Å². The zero-order valence-electron chi connectivity index (χ0n) is 12.1. The Morgan fingerprint density at radius 3 is 2.67 bits per heavy atom. The van der Waals surface area contributed by atoms with Crippen LogP contribution in [0.3, 0.4) is 0 Å². The fourth-order valence-electron chi connectivity index (χ4n) is 2.76. The summed E-state index contributed by atoms with van der Waals surface area (Å²) in [5, 5.41) is 11.9. The van der Waals surface area contributed by atoms with Crippen molar-refractivity contribution in [1.29, 1.82) is 0 Å². The molecule has 5 heteroatoms. The van der Waals surface area contributed by atoms with E-state index in [1.54, 1.807) is 12.4 Å². The first kappa shape index (κ1) is 15.5. The minimum absolute atomic E-state index is 0.0548. The summed E-state index contributed by atoms with van der Waals surface area (Å²) < 4.78 is 0. The molecule has 1 aliphatic carbocycles. The van der Waals surface area contributed by atoms with Gasteiger partial charge in [0, 0.05) is 25.4 Å². The number of carbonyl (C=O) groups excluding carboxylic acids is 1. The number of carboxylic acid groups (broad SMARTS) is 1. The molecule has 1 aliphatic rings. The quantitative estimate of drug-likeness (QED) is 0.840. The molecule has 1 fully saturated rings. The summed E-state index contributed by atoms with van der Waals surface area (Å²) in [7, 11) is 0. The number of hydrogen-bond donors (Lipinski definition) is 2. The number of amides is 1. The van der Waals surface area contributed by atoms with Crippen molar-refractivity contribution in [3.63, 3.8) is 0 Å². The van der Waals surface area contributed by atoms with Crippen molar-refractivity contribution in [2.45, 2.75) is 38.5 Å². The normalized spacial score (nSPS) is 21.7. The van der Waals surface area contributed by atoms with Gasteiger partial charge in [0.15, 0.2) is 0 Å². The van der Waals surface area contributed by atoms with E-state index in [-0.39, 0.29) is 11.8 Å². The van der Waals surface area contributed by atoms with E-state index in [0.29, 0.717) is 25.3 Å². The molecule has 0 radical (unpaired) electrons. The van der Waals surface area contributed by atoms with Crippen molar-refractivity contribution in [1.82, 2.24) is 10.3 Å². The second-order valence-electron chi connectivity index (χ2n) is 5.72. The van der Waals surface area contributed by atoms with Gasteiger partial charge in [-0.2, -0.15) is 0 Å². The summed E-state index contributed by atoms with van der Waals surface area (Å²) in [6.45, 7) is 0.665. The zero-order valence-corrected chi connectivity index (χ0v) is 12.1. The molecular formula is C16H22N2O3. The summed E-state index contributed by atoms with van der Waals surface area (Å²) in [4.78, 5) is 26.7. The molecule has 1 heterocycles. The predicted octanol–water partition coefficient (Wildman–Crippen LogP) is 2.02. The molecule has 2 rings (SSSR count). The van der Waals surface area contributed by atoms with Crippen molar-refractivity contribution in [2.75, 3.05) is 6.54 Å². The molecule has 0 bridgehead atoms. The second kappa shape index (κ2) is 7.76. The summed E-state index contributed by atoms with van der Waals surface area (Å²) in [6, 6.07) is 3.83. The number of rotatable bonds is 6. The van der Waals surface area contributed by atoms with E-state index in [0.717, 1.165) is 31.2 Å². The van der Waals surface area contributed by atoms with Gasteiger partial charge in [-0.05, 0) is 49.7 Å². The summed E-state index contributed by atoms with van der Waals surface area (Å²) in [5.74, 6) is -0.404. The van der Waals surface area contributed by atoms with Crippen molar-refractivity contribution in [2.24, 2.45) is 11.8 Å². The Kier molecular flexibility index (Phi) is 5.72. The van der Waals surface area contributed by atoms with Crippen LogP contribution in [0.1, 0.15) is 37.7 Å². The number of aryl methyl sites for hydroxylation is 1. The van der Waals surface area contributed by atoms with Crippen LogP contribution >= 0.6 is 0 Å². The Labute approximate surface area is 124 Å². The van der Waals surface area contributed by atoms with E-state index >= 15 is 0 Å². The molecule has 0 spiro atoms. The maximum atomic E-state index is 11.8. The van der Waals surface area contributed by atoms with Crippen molar-refractivity contribution < 1.29 is 14.7 Å². The number of pyridine rings is 1. The Hall–Kier alpha value is -1.91. The van der Waals surface area contributed by atoms with Crippen molar-refractivity contribution in [3.8, 4) is 0 Å². The molecule has 1 saturated carbocycles. The molecule has 1 amide bonds. The van der Waals surface area contributed by atoms with Gasteiger partial charge in [0.2, 0.25) is 5.91 Å². The third-order valence-electron chi connectivity index (χ3n) is 4.15. The Morgan fingerprint density at radius 2 is 2.05 bits per heavy atom. The van der Waals surface area contributed by atoms with Gasteiger partial charge < -0.3 is 10.4 Å². The van der Waals surface area contributed by atoms with Crippen molar-refractivity contribution in [3.05, 3.63) is 30.1 Å². The number of nitrogens with zero attached hydrogens (tertiary/aromatic N) is 1. The number of carboxylic acids is 1. The molecule has 1 aromatic rings. The van der Waals surface area contributed by atoms with Gasteiger partial charge in [-0.1, -0.05) is 6.07 Å². The summed E-state index contributed by atoms with van der Waals surface area (Å²) in [6.07, 6.45) is 7.90. The maximum Gasteiger partial charge on any atom is 0.306 e. The Morgan fingerprint density at radius 1 is 1.29 bits per heavy atom. The maximum absolute atomic E-state index is 11.8. The van der Waals surface area contributed by atoms with Crippen LogP contribution < -0.4 is 5.32 Å². The first-order valence-electron chi connectivity index (χ1n) is 7.53. The van der Waals surface area contributed by atoms with Crippen LogP contribution in [0.15, 0.2) is 24.5 Å². The first-order chi connectivity index (χ1) is 10.1. The number of aliphatic carboxylic acids is 1. The minimum atomic E-state index is -0.686. The van der Waals surface area contributed by atoms with Gasteiger partial charge >= 0.3 is 5.97 Å². The largest absolute Gasteiger partial charge is 0.481 e. The second-order valence-corrected chi connectivity index (χ2v) is 5.72. The summed E-state index contributed by atoms with van der Waals surface area (Å²) >= 11 is 0. The third-order valence-corrected chi connectivity index (χ3v) is 4.15. The molecule has 0 atom stereocenters. The monoisotopic (exact) mass is 290 g/mol. The van der Waals surface area contributed by atoms with E-state index in [1.165, 1.54) is 0 Å². The van der Waals surface area contributed by atoms with Crippen LogP contribution in [0.4, 0.5) is 0 Å². The van der Waals surface area contributed by atoms with Gasteiger partial charge in [-0.15, -0.1) is 0 Å². The molecule has 114 valence electrons. The fourth-order valence-corrected chi connectivity index (χ4v) is 2.76. The minimum Gasteiger partial charge on any atom is -0.481 e. The highest BCUT2D eigenvalue weighted by atomic mass is 16.4. The lowest BCUT2D eigenvalue weighted by atomic mass is 9.82. The average Bonchev–Trinajstić information content (AvgIpc) is 2.52. The van der Waals surface area contributed by atoms with Crippen LogP contribution in [0, 0.1) is 11.8 Å². The standard InChI is InChI=1S/C16H22N2O3/c19-15(8-5-12-2-1-9-17-10-12)18-11-13-3-6-14(7-4-13)16(20)21/h1-2,9-10,13-14H,3-8,11H2,(H,18,19)(H,20,21). The molecule has 1 aromatic heterocycles. The van der Waals surface area contributed by atoms with Gasteiger partial charge in [-0.25, -0.2) is 0 Å². The lowest BCUT2D eigenvalue weighted by molar-refractivity contribution is -0.143. The van der Waals surface area contributed by atoms with Crippen LogP contribution in [-0.4, -0.2) is 28.5 Å². The van der Waals surface area contributed by atoms with Gasteiger partial charge in [0.05, 0.1) is 5.92 Å². The van der Waals surface area contributed by atoms with E-state index in [1.807, 2.05) is 12.1 Å². The molecule has 2 N–H and O–H groups in total. The zero-order chi connectivity index (χ0) is 15.1. The van der Waals surface area contributed by atoms with Crippen LogP contribution in [0.5, 0.6) is 0 Å². The molecule has 0 unspecified atom stereocenters. The molecule has 5 nitrogen and oxygen atoms in total. The number of nitrogens with one attached hydrogen (secondary N) is 1. The lowest BCUT2D eigenvalue weighted by Gasteiger charge is -2.26. The lowest BCUT2D eigenvalue weighted by Crippen LogP contribution is -2.32. The Balaban J connectivity index is 1.62. The summed E-state index contributed by atoms with van der Waals surface area (Å²) in [5.41, 5.74) is 1.06. The van der Waals surface area contributed by atoms with E-state index in [9.17, 15) is 9.59 Å². The molecule has 0 aliphatic heterocycles. The first-order valence-corrected chi connectivity index (χ1v) is 7.53. The predicted molar refractivity (Wildman–Crippen MR) is 78.7 cm³/mol. The fraction of sp³-hybridized carbons (Fsp3) is 0.562. The van der Waals surface area contributed by atoms with Crippen LogP contribution in [-0.2, 0) is 16.0 Å². The van der Waals surface area contributed by atoms with Crippen molar-refractivity contribution >= 4 is 11.9 Å². The number of aromatic nitrogens is 1. The van der Waals surface area contributed by atoms with E-state index in [4.69, 9.17) is 5.11 Å². The molecular weight excluding hydrogens is 268 g/mol. The van der Waals surface area contributed by atoms with Crippen LogP contribution in [0.2, 0.25) is 0 Å². The third kappa shape index (κ3) is 5.17. The van der Waals surface area contributed by atoms with Gasteiger partial charge in [-0.3, -0.25) is 14.6 Å². The molecule has 21 heavy (non-hydrogen) atoms. The Bertz CT molecular complexity index is 468. The van der Waals surface area contributed by atoms with E-state index < -0.39 is 5.97 Å². The highest BCUT2D eigenvalue weighted by molar-refractivity contribution is 5.76. The SMILES string of the molecule is O=C(CCc1cccnc1)NCC1CCC(C(=O)O)CC1. The highest BCUT2D eigenvalue weighted by Crippen LogP contribution is 2.28. The van der Waals surface area contributed by atoms with Gasteiger partial charge in [0.1, 0.15) is 0 Å². The van der Waals surface area contributed by atoms with Crippen LogP contribution in [0.25, 0.3) is 0 Å². The highest BCUT2D eigenvalue weighted by Gasteiger charge is 2.25. The van der Waals surface area contributed by atoms with E-state index in [2.05, 4.69) is 10.3 Å². The molecule has 0 saturated heterocycles. The topological polar surface area (TPSA) is 79.3 Å². The number of carbonyl (C=O) groups is 2. The average molecular weight is 290 g/mol. The molecule has 0 aromatic carbocycles. The number of hydrogen-bond acceptors (Lipinski definition) is 3.